The summed E-state index contributed by atoms with van der Waals surface area (Å²) in [5.74, 6) is -0.100. The maximum absolute atomic E-state index is 12.8. The van der Waals surface area contributed by atoms with Crippen molar-refractivity contribution in [3.05, 3.63) is 53.7 Å². The van der Waals surface area contributed by atoms with E-state index in [2.05, 4.69) is 15.6 Å². The Morgan fingerprint density at radius 3 is 2.68 bits per heavy atom. The van der Waals surface area contributed by atoms with E-state index in [4.69, 9.17) is 4.74 Å². The SMILES string of the molecule is COCC(NC(=O)N1CC(=O)Nc2cccnc21)c1ccc(C(F)(F)F)cc1. The van der Waals surface area contributed by atoms with Gasteiger partial charge in [0.1, 0.15) is 6.54 Å². The van der Waals surface area contributed by atoms with Crippen molar-refractivity contribution in [2.24, 2.45) is 0 Å². The fraction of sp³-hybridized carbons (Fsp3) is 0.278. The predicted molar refractivity (Wildman–Crippen MR) is 94.8 cm³/mol. The van der Waals surface area contributed by atoms with E-state index in [1.165, 1.54) is 30.3 Å². The van der Waals surface area contributed by atoms with Gasteiger partial charge < -0.3 is 15.4 Å². The highest BCUT2D eigenvalue weighted by Gasteiger charge is 2.31. The standard InChI is InChI=1S/C18H17F3N4O3/c1-28-10-14(11-4-6-12(7-5-11)18(19,20)21)24-17(27)25-9-15(26)23-13-3-2-8-22-16(13)25/h2-8,14H,9-10H2,1H3,(H,23,26)(H,24,27). The van der Waals surface area contributed by atoms with Crippen LogP contribution >= 0.6 is 0 Å². The maximum Gasteiger partial charge on any atom is 0.416 e. The van der Waals surface area contributed by atoms with Gasteiger partial charge in [-0.25, -0.2) is 9.78 Å². The molecule has 1 atom stereocenters. The third-order valence-electron chi connectivity index (χ3n) is 4.13. The molecule has 0 spiro atoms. The molecule has 2 heterocycles. The largest absolute Gasteiger partial charge is 0.416 e. The maximum atomic E-state index is 12.8. The van der Waals surface area contributed by atoms with Gasteiger partial charge in [0, 0.05) is 13.3 Å². The second-order valence-electron chi connectivity index (χ2n) is 6.09. The van der Waals surface area contributed by atoms with Crippen LogP contribution in [0.5, 0.6) is 0 Å². The molecule has 2 aromatic rings. The highest BCUT2D eigenvalue weighted by atomic mass is 19.4. The van der Waals surface area contributed by atoms with Crippen LogP contribution in [0.3, 0.4) is 0 Å². The quantitative estimate of drug-likeness (QED) is 0.835. The fourth-order valence-electron chi connectivity index (χ4n) is 2.81. The van der Waals surface area contributed by atoms with E-state index in [0.29, 0.717) is 11.3 Å². The Bertz CT molecular complexity index is 871. The molecule has 2 N–H and O–H groups in total. The van der Waals surface area contributed by atoms with Crippen LogP contribution in [-0.4, -0.2) is 37.2 Å². The molecule has 0 bridgehead atoms. The first kappa shape index (κ1) is 19.6. The zero-order valence-electron chi connectivity index (χ0n) is 14.8. The smallest absolute Gasteiger partial charge is 0.382 e. The number of carbonyl (C=O) groups excluding carboxylic acids is 2. The Kier molecular flexibility index (Phi) is 5.50. The van der Waals surface area contributed by atoms with Gasteiger partial charge >= 0.3 is 12.2 Å². The Labute approximate surface area is 158 Å². The van der Waals surface area contributed by atoms with Crippen molar-refractivity contribution >= 4 is 23.4 Å². The third kappa shape index (κ3) is 4.22. The molecule has 0 radical (unpaired) electrons. The topological polar surface area (TPSA) is 83.6 Å². The normalized spacial score (nSPS) is 14.9. The van der Waals surface area contributed by atoms with Crippen LogP contribution in [0.4, 0.5) is 29.5 Å². The van der Waals surface area contributed by atoms with Crippen LogP contribution in [0.15, 0.2) is 42.6 Å². The number of rotatable bonds is 4. The summed E-state index contributed by atoms with van der Waals surface area (Å²) in [5, 5.41) is 5.31. The van der Waals surface area contributed by atoms with Crippen molar-refractivity contribution in [1.29, 1.82) is 0 Å². The molecule has 1 aromatic heterocycles. The number of hydrogen-bond acceptors (Lipinski definition) is 4. The average molecular weight is 394 g/mol. The molecule has 3 amide bonds. The second-order valence-corrected chi connectivity index (χ2v) is 6.09. The summed E-state index contributed by atoms with van der Waals surface area (Å²) < 4.78 is 43.3. The molecule has 1 aliphatic rings. The van der Waals surface area contributed by atoms with Gasteiger partial charge in [-0.05, 0) is 29.8 Å². The number of fused-ring (bicyclic) bond motifs is 1. The van der Waals surface area contributed by atoms with Gasteiger partial charge in [0.2, 0.25) is 5.91 Å². The molecular formula is C18H17F3N4O3. The molecule has 148 valence electrons. The number of carbonyl (C=O) groups is 2. The van der Waals surface area contributed by atoms with Gasteiger partial charge in [-0.15, -0.1) is 0 Å². The lowest BCUT2D eigenvalue weighted by atomic mass is 10.1. The first-order chi connectivity index (χ1) is 13.3. The number of hydrogen-bond donors (Lipinski definition) is 2. The number of alkyl halides is 3. The zero-order valence-corrected chi connectivity index (χ0v) is 14.8. The summed E-state index contributed by atoms with van der Waals surface area (Å²) in [4.78, 5) is 29.9. The number of nitrogens with one attached hydrogen (secondary N) is 2. The Hall–Kier alpha value is -3.14. The number of nitrogens with zero attached hydrogens (tertiary/aromatic N) is 2. The van der Waals surface area contributed by atoms with Crippen molar-refractivity contribution < 1.29 is 27.5 Å². The van der Waals surface area contributed by atoms with Crippen LogP contribution in [0.2, 0.25) is 0 Å². The summed E-state index contributed by atoms with van der Waals surface area (Å²) in [6.07, 6.45) is -2.96. The van der Waals surface area contributed by atoms with Crippen LogP contribution in [0.25, 0.3) is 0 Å². The molecule has 1 aromatic carbocycles. The Morgan fingerprint density at radius 1 is 1.32 bits per heavy atom. The van der Waals surface area contributed by atoms with Gasteiger partial charge in [0.25, 0.3) is 0 Å². The number of amides is 3. The number of aromatic nitrogens is 1. The van der Waals surface area contributed by atoms with E-state index in [-0.39, 0.29) is 24.9 Å². The first-order valence-corrected chi connectivity index (χ1v) is 8.28. The van der Waals surface area contributed by atoms with E-state index < -0.39 is 23.8 Å². The highest BCUT2D eigenvalue weighted by molar-refractivity contribution is 6.08. The van der Waals surface area contributed by atoms with Crippen molar-refractivity contribution in [3.8, 4) is 0 Å². The Balaban J connectivity index is 1.81. The second kappa shape index (κ2) is 7.85. The minimum Gasteiger partial charge on any atom is -0.382 e. The van der Waals surface area contributed by atoms with Gasteiger partial charge in [-0.2, -0.15) is 13.2 Å². The van der Waals surface area contributed by atoms with Crippen molar-refractivity contribution in [2.45, 2.75) is 12.2 Å². The van der Waals surface area contributed by atoms with E-state index in [9.17, 15) is 22.8 Å². The molecule has 10 heteroatoms. The molecule has 3 rings (SSSR count). The summed E-state index contributed by atoms with van der Waals surface area (Å²) in [5.41, 5.74) is 0.0437. The number of benzene rings is 1. The number of halogens is 3. The molecule has 7 nitrogen and oxygen atoms in total. The zero-order chi connectivity index (χ0) is 20.3. The van der Waals surface area contributed by atoms with Crippen LogP contribution in [0, 0.1) is 0 Å². The number of pyridine rings is 1. The molecule has 1 aliphatic heterocycles. The number of anilines is 2. The van der Waals surface area contributed by atoms with E-state index >= 15 is 0 Å². The molecular weight excluding hydrogens is 377 g/mol. The van der Waals surface area contributed by atoms with Crippen molar-refractivity contribution in [2.75, 3.05) is 30.5 Å². The van der Waals surface area contributed by atoms with E-state index in [1.54, 1.807) is 12.1 Å². The molecule has 0 aliphatic carbocycles. The summed E-state index contributed by atoms with van der Waals surface area (Å²) in [6, 6.07) is 6.35. The molecule has 0 fully saturated rings. The molecule has 1 unspecified atom stereocenters. The van der Waals surface area contributed by atoms with E-state index in [1.807, 2.05) is 0 Å². The number of ether oxygens (including phenoxy) is 1. The Morgan fingerprint density at radius 2 is 2.04 bits per heavy atom. The minimum absolute atomic E-state index is 0.0339. The van der Waals surface area contributed by atoms with Crippen LogP contribution in [-0.2, 0) is 15.7 Å². The molecule has 0 saturated carbocycles. The highest BCUT2D eigenvalue weighted by Crippen LogP contribution is 2.30. The summed E-state index contributed by atoms with van der Waals surface area (Å²) in [7, 11) is 1.41. The van der Waals surface area contributed by atoms with Gasteiger partial charge in [0.05, 0.1) is 23.9 Å². The van der Waals surface area contributed by atoms with Crippen LogP contribution < -0.4 is 15.5 Å². The molecule has 28 heavy (non-hydrogen) atoms. The van der Waals surface area contributed by atoms with E-state index in [0.717, 1.165) is 12.1 Å². The summed E-state index contributed by atoms with van der Waals surface area (Å²) in [6.45, 7) is -0.200. The summed E-state index contributed by atoms with van der Waals surface area (Å²) >= 11 is 0. The number of urea groups is 1. The van der Waals surface area contributed by atoms with Crippen molar-refractivity contribution in [1.82, 2.24) is 10.3 Å². The number of methoxy groups -OCH3 is 1. The van der Waals surface area contributed by atoms with Crippen LogP contribution in [0.1, 0.15) is 17.2 Å². The lowest BCUT2D eigenvalue weighted by Crippen LogP contribution is -2.49. The van der Waals surface area contributed by atoms with Crippen molar-refractivity contribution in [3.63, 3.8) is 0 Å². The predicted octanol–water partition coefficient (Wildman–Crippen LogP) is 2.96. The van der Waals surface area contributed by atoms with Gasteiger partial charge in [-0.3, -0.25) is 9.69 Å². The lowest BCUT2D eigenvalue weighted by Gasteiger charge is -2.29. The lowest BCUT2D eigenvalue weighted by molar-refractivity contribution is -0.137. The van der Waals surface area contributed by atoms with Gasteiger partial charge in [0.15, 0.2) is 5.82 Å². The first-order valence-electron chi connectivity index (χ1n) is 8.28. The molecule has 0 saturated heterocycles. The fourth-order valence-corrected chi connectivity index (χ4v) is 2.81. The average Bonchev–Trinajstić information content (AvgIpc) is 2.66. The minimum atomic E-state index is -4.45. The monoisotopic (exact) mass is 394 g/mol. The van der Waals surface area contributed by atoms with Gasteiger partial charge in [-0.1, -0.05) is 12.1 Å². The third-order valence-corrected chi connectivity index (χ3v) is 4.13.